The van der Waals surface area contributed by atoms with Crippen molar-refractivity contribution in [3.8, 4) is 0 Å². The molecule has 0 atom stereocenters. The van der Waals surface area contributed by atoms with Crippen LogP contribution in [0.1, 0.15) is 40.2 Å². The van der Waals surface area contributed by atoms with Gasteiger partial charge >= 0.3 is 0 Å². The van der Waals surface area contributed by atoms with Crippen LogP contribution >= 0.6 is 11.3 Å². The molecule has 3 aromatic rings. The Labute approximate surface area is 162 Å². The number of hydrogen-bond acceptors (Lipinski definition) is 4. The highest BCUT2D eigenvalue weighted by Gasteiger charge is 2.21. The number of fused-ring (bicyclic) bond motifs is 3. The molecule has 5 nitrogen and oxygen atoms in total. The van der Waals surface area contributed by atoms with Crippen molar-refractivity contribution in [2.75, 3.05) is 5.32 Å². The van der Waals surface area contributed by atoms with Gasteiger partial charge in [0.25, 0.3) is 5.56 Å². The summed E-state index contributed by atoms with van der Waals surface area (Å²) < 4.78 is 1.50. The number of hydrogen-bond donors (Lipinski definition) is 1. The van der Waals surface area contributed by atoms with E-state index in [9.17, 15) is 9.59 Å². The number of thiophene rings is 1. The van der Waals surface area contributed by atoms with Crippen molar-refractivity contribution in [2.24, 2.45) is 0 Å². The monoisotopic (exact) mass is 381 g/mol. The number of carbonyl (C=O) groups excluding carboxylic acids is 1. The van der Waals surface area contributed by atoms with Crippen molar-refractivity contribution in [3.63, 3.8) is 0 Å². The first kappa shape index (κ1) is 17.9. The largest absolute Gasteiger partial charge is 0.325 e. The molecule has 0 radical (unpaired) electrons. The second-order valence-corrected chi connectivity index (χ2v) is 8.37. The molecule has 140 valence electrons. The molecule has 1 aliphatic carbocycles. The highest BCUT2D eigenvalue weighted by atomic mass is 32.1. The van der Waals surface area contributed by atoms with E-state index in [1.807, 2.05) is 32.0 Å². The molecule has 1 N–H and O–H groups in total. The predicted octanol–water partition coefficient (Wildman–Crippen LogP) is 3.90. The van der Waals surface area contributed by atoms with E-state index in [1.165, 1.54) is 21.4 Å². The van der Waals surface area contributed by atoms with Crippen LogP contribution in [-0.2, 0) is 24.2 Å². The van der Waals surface area contributed by atoms with E-state index >= 15 is 0 Å². The van der Waals surface area contributed by atoms with Crippen molar-refractivity contribution >= 4 is 33.1 Å². The maximum atomic E-state index is 13.1. The number of aryl methyl sites for hydroxylation is 5. The number of rotatable bonds is 3. The van der Waals surface area contributed by atoms with Crippen LogP contribution < -0.4 is 10.9 Å². The van der Waals surface area contributed by atoms with Gasteiger partial charge in [-0.05, 0) is 75.3 Å². The van der Waals surface area contributed by atoms with Gasteiger partial charge in [-0.15, -0.1) is 11.3 Å². The van der Waals surface area contributed by atoms with Gasteiger partial charge in [0.2, 0.25) is 5.91 Å². The smallest absolute Gasteiger partial charge is 0.263 e. The lowest BCUT2D eigenvalue weighted by atomic mass is 9.97. The maximum absolute atomic E-state index is 13.1. The predicted molar refractivity (Wildman–Crippen MR) is 110 cm³/mol. The lowest BCUT2D eigenvalue weighted by Crippen LogP contribution is -2.30. The summed E-state index contributed by atoms with van der Waals surface area (Å²) in [6, 6.07) is 5.81. The van der Waals surface area contributed by atoms with Crippen LogP contribution in [-0.4, -0.2) is 15.5 Å². The molecule has 1 amide bonds. The zero-order valence-corrected chi connectivity index (χ0v) is 16.7. The van der Waals surface area contributed by atoms with Crippen LogP contribution in [0.2, 0.25) is 0 Å². The summed E-state index contributed by atoms with van der Waals surface area (Å²) in [6.07, 6.45) is 4.25. The fraction of sp³-hybridized carbons (Fsp3) is 0.381. The van der Waals surface area contributed by atoms with E-state index in [-0.39, 0.29) is 18.0 Å². The van der Waals surface area contributed by atoms with Gasteiger partial charge in [-0.25, -0.2) is 4.98 Å². The number of benzene rings is 1. The Morgan fingerprint density at radius 2 is 1.96 bits per heavy atom. The van der Waals surface area contributed by atoms with Gasteiger partial charge in [0, 0.05) is 10.6 Å². The summed E-state index contributed by atoms with van der Waals surface area (Å²) in [5, 5.41) is 3.61. The van der Waals surface area contributed by atoms with Gasteiger partial charge in [-0.2, -0.15) is 0 Å². The summed E-state index contributed by atoms with van der Waals surface area (Å²) in [7, 11) is 0. The number of nitrogens with zero attached hydrogens (tertiary/aromatic N) is 2. The molecule has 1 aromatic carbocycles. The fourth-order valence-corrected chi connectivity index (χ4v) is 4.99. The molecular weight excluding hydrogens is 358 g/mol. The normalized spacial score (nSPS) is 13.6. The van der Waals surface area contributed by atoms with Crippen LogP contribution in [0.3, 0.4) is 0 Å². The summed E-state index contributed by atoms with van der Waals surface area (Å²) in [5.41, 5.74) is 4.11. The van der Waals surface area contributed by atoms with Crippen LogP contribution in [0, 0.1) is 20.8 Å². The first-order valence-electron chi connectivity index (χ1n) is 9.33. The standard InChI is InChI=1S/C21H23N3O2S/c1-12-8-9-15(10-13(12)2)23-18(25)11-24-14(3)22-20-19(21(24)26)16-6-4-5-7-17(16)27-20/h8-10H,4-7,11H2,1-3H3,(H,23,25). The van der Waals surface area contributed by atoms with Gasteiger partial charge < -0.3 is 5.32 Å². The average Bonchev–Trinajstić information content (AvgIpc) is 3.00. The minimum Gasteiger partial charge on any atom is -0.325 e. The Bertz CT molecular complexity index is 1110. The summed E-state index contributed by atoms with van der Waals surface area (Å²) >= 11 is 1.64. The van der Waals surface area contributed by atoms with E-state index < -0.39 is 0 Å². The SMILES string of the molecule is Cc1ccc(NC(=O)Cn2c(C)nc3sc4c(c3c2=O)CCCC4)cc1C. The molecule has 0 saturated carbocycles. The third kappa shape index (κ3) is 3.30. The third-order valence-corrected chi connectivity index (χ3v) is 6.54. The molecule has 0 spiro atoms. The number of aromatic nitrogens is 2. The lowest BCUT2D eigenvalue weighted by Gasteiger charge is -2.12. The minimum atomic E-state index is -0.214. The summed E-state index contributed by atoms with van der Waals surface area (Å²) in [6.45, 7) is 5.82. The van der Waals surface area contributed by atoms with Gasteiger partial charge in [0.15, 0.2) is 0 Å². The fourth-order valence-electron chi connectivity index (χ4n) is 3.69. The van der Waals surface area contributed by atoms with Crippen LogP contribution in [0.15, 0.2) is 23.0 Å². The molecule has 0 fully saturated rings. The minimum absolute atomic E-state index is 0.0227. The molecule has 1 aliphatic rings. The molecule has 4 rings (SSSR count). The van der Waals surface area contributed by atoms with Crippen LogP contribution in [0.5, 0.6) is 0 Å². The third-order valence-electron chi connectivity index (χ3n) is 5.36. The lowest BCUT2D eigenvalue weighted by molar-refractivity contribution is -0.116. The van der Waals surface area contributed by atoms with Crippen LogP contribution in [0.25, 0.3) is 10.2 Å². The van der Waals surface area contributed by atoms with Crippen molar-refractivity contribution in [1.29, 1.82) is 0 Å². The molecule has 2 aromatic heterocycles. The van der Waals surface area contributed by atoms with E-state index in [0.717, 1.165) is 46.3 Å². The molecule has 0 bridgehead atoms. The first-order chi connectivity index (χ1) is 12.9. The zero-order valence-electron chi connectivity index (χ0n) is 15.9. The van der Waals surface area contributed by atoms with Gasteiger partial charge in [-0.1, -0.05) is 6.07 Å². The van der Waals surface area contributed by atoms with Crippen molar-refractivity contribution in [1.82, 2.24) is 9.55 Å². The number of amides is 1. The number of carbonyl (C=O) groups is 1. The second kappa shape index (κ2) is 6.93. The summed E-state index contributed by atoms with van der Waals surface area (Å²) in [4.78, 5) is 32.4. The maximum Gasteiger partial charge on any atom is 0.263 e. The Morgan fingerprint density at radius 3 is 2.74 bits per heavy atom. The Balaban J connectivity index is 1.66. The quantitative estimate of drug-likeness (QED) is 0.748. The number of nitrogens with one attached hydrogen (secondary N) is 1. The first-order valence-corrected chi connectivity index (χ1v) is 10.1. The van der Waals surface area contributed by atoms with Crippen molar-refractivity contribution < 1.29 is 4.79 Å². The van der Waals surface area contributed by atoms with Gasteiger partial charge in [-0.3, -0.25) is 14.2 Å². The Hall–Kier alpha value is -2.47. The van der Waals surface area contributed by atoms with E-state index in [0.29, 0.717) is 5.82 Å². The number of anilines is 1. The Kier molecular flexibility index (Phi) is 4.60. The van der Waals surface area contributed by atoms with E-state index in [1.54, 1.807) is 18.3 Å². The highest BCUT2D eigenvalue weighted by Crippen LogP contribution is 2.33. The van der Waals surface area contributed by atoms with Crippen molar-refractivity contribution in [3.05, 3.63) is 55.9 Å². The van der Waals surface area contributed by atoms with E-state index in [4.69, 9.17) is 0 Å². The summed E-state index contributed by atoms with van der Waals surface area (Å²) in [5.74, 6) is 0.370. The highest BCUT2D eigenvalue weighted by molar-refractivity contribution is 7.18. The topological polar surface area (TPSA) is 64.0 Å². The van der Waals surface area contributed by atoms with Gasteiger partial charge in [0.1, 0.15) is 17.2 Å². The Morgan fingerprint density at radius 1 is 1.19 bits per heavy atom. The van der Waals surface area contributed by atoms with Gasteiger partial charge in [0.05, 0.1) is 5.39 Å². The molecule has 0 unspecified atom stereocenters. The van der Waals surface area contributed by atoms with E-state index in [2.05, 4.69) is 10.3 Å². The van der Waals surface area contributed by atoms with Crippen molar-refractivity contribution in [2.45, 2.75) is 53.0 Å². The molecule has 6 heteroatoms. The average molecular weight is 382 g/mol. The molecule has 0 saturated heterocycles. The van der Waals surface area contributed by atoms with Crippen LogP contribution in [0.4, 0.5) is 5.69 Å². The molecule has 0 aliphatic heterocycles. The zero-order chi connectivity index (χ0) is 19.1. The second-order valence-electron chi connectivity index (χ2n) is 7.29. The molecule has 27 heavy (non-hydrogen) atoms. The molecule has 2 heterocycles. The molecular formula is C21H23N3O2S.